The van der Waals surface area contributed by atoms with Gasteiger partial charge in [-0.25, -0.2) is 4.79 Å². The van der Waals surface area contributed by atoms with Gasteiger partial charge in [-0.1, -0.05) is 38.0 Å². The molecule has 0 bridgehead atoms. The van der Waals surface area contributed by atoms with Crippen molar-refractivity contribution in [1.82, 2.24) is 10.2 Å². The Kier molecular flexibility index (Phi) is 6.91. The Morgan fingerprint density at radius 3 is 2.48 bits per heavy atom. The SMILES string of the molecule is CCCCCNC(=O)N1CCC(C(=O)Nc2ccccc2)CC1. The lowest BCUT2D eigenvalue weighted by Gasteiger charge is -2.31. The van der Waals surface area contributed by atoms with E-state index in [2.05, 4.69) is 17.6 Å². The Bertz CT molecular complexity index is 496. The first kappa shape index (κ1) is 17.3. The van der Waals surface area contributed by atoms with Crippen LogP contribution >= 0.6 is 0 Å². The molecule has 0 radical (unpaired) electrons. The molecule has 3 amide bonds. The monoisotopic (exact) mass is 317 g/mol. The van der Waals surface area contributed by atoms with Crippen LogP contribution in [0.4, 0.5) is 10.5 Å². The minimum atomic E-state index is -0.0145. The smallest absolute Gasteiger partial charge is 0.317 e. The van der Waals surface area contributed by atoms with Gasteiger partial charge in [-0.3, -0.25) is 4.79 Å². The second kappa shape index (κ2) is 9.18. The zero-order valence-corrected chi connectivity index (χ0v) is 13.9. The molecule has 0 aliphatic carbocycles. The molecule has 1 saturated heterocycles. The summed E-state index contributed by atoms with van der Waals surface area (Å²) in [5.41, 5.74) is 0.827. The molecular formula is C18H27N3O2. The lowest BCUT2D eigenvalue weighted by molar-refractivity contribution is -0.121. The second-order valence-corrected chi connectivity index (χ2v) is 6.06. The molecule has 2 N–H and O–H groups in total. The van der Waals surface area contributed by atoms with Gasteiger partial charge >= 0.3 is 6.03 Å². The van der Waals surface area contributed by atoms with E-state index in [0.717, 1.165) is 44.3 Å². The highest BCUT2D eigenvalue weighted by atomic mass is 16.2. The molecule has 1 fully saturated rings. The number of hydrogen-bond donors (Lipinski definition) is 2. The molecule has 5 nitrogen and oxygen atoms in total. The number of para-hydroxylation sites is 1. The van der Waals surface area contributed by atoms with Gasteiger partial charge in [0.15, 0.2) is 0 Å². The average molecular weight is 317 g/mol. The van der Waals surface area contributed by atoms with Crippen molar-refractivity contribution in [1.29, 1.82) is 0 Å². The quantitative estimate of drug-likeness (QED) is 0.791. The standard InChI is InChI=1S/C18H27N3O2/c1-2-3-7-12-19-18(23)21-13-10-15(11-14-21)17(22)20-16-8-5-4-6-9-16/h4-6,8-9,15H,2-3,7,10-14H2,1H3,(H,19,23)(H,20,22). The van der Waals surface area contributed by atoms with Crippen LogP contribution < -0.4 is 10.6 Å². The highest BCUT2D eigenvalue weighted by Gasteiger charge is 2.27. The highest BCUT2D eigenvalue weighted by molar-refractivity contribution is 5.92. The minimum Gasteiger partial charge on any atom is -0.338 e. The molecular weight excluding hydrogens is 290 g/mol. The van der Waals surface area contributed by atoms with Crippen LogP contribution in [-0.2, 0) is 4.79 Å². The van der Waals surface area contributed by atoms with Gasteiger partial charge in [0, 0.05) is 31.2 Å². The number of amides is 3. The third-order valence-electron chi connectivity index (χ3n) is 4.25. The molecule has 1 aromatic carbocycles. The van der Waals surface area contributed by atoms with Gasteiger partial charge in [0.25, 0.3) is 0 Å². The number of unbranched alkanes of at least 4 members (excludes halogenated alkanes) is 2. The van der Waals surface area contributed by atoms with Crippen LogP contribution in [0, 0.1) is 5.92 Å². The fourth-order valence-electron chi connectivity index (χ4n) is 2.79. The van der Waals surface area contributed by atoms with Crippen LogP contribution in [0.25, 0.3) is 0 Å². The summed E-state index contributed by atoms with van der Waals surface area (Å²) >= 11 is 0. The molecule has 0 spiro atoms. The summed E-state index contributed by atoms with van der Waals surface area (Å²) in [6.07, 6.45) is 4.76. The number of carbonyl (C=O) groups excluding carboxylic acids is 2. The summed E-state index contributed by atoms with van der Waals surface area (Å²) in [6, 6.07) is 9.51. The first-order chi connectivity index (χ1) is 11.2. The maximum Gasteiger partial charge on any atom is 0.317 e. The van der Waals surface area contributed by atoms with Crippen LogP contribution in [0.1, 0.15) is 39.0 Å². The van der Waals surface area contributed by atoms with Gasteiger partial charge in [-0.05, 0) is 31.4 Å². The van der Waals surface area contributed by atoms with Gasteiger partial charge < -0.3 is 15.5 Å². The van der Waals surface area contributed by atoms with Gasteiger partial charge in [0.2, 0.25) is 5.91 Å². The van der Waals surface area contributed by atoms with Gasteiger partial charge in [0.05, 0.1) is 0 Å². The van der Waals surface area contributed by atoms with E-state index < -0.39 is 0 Å². The summed E-state index contributed by atoms with van der Waals surface area (Å²) < 4.78 is 0. The van der Waals surface area contributed by atoms with E-state index in [4.69, 9.17) is 0 Å². The van der Waals surface area contributed by atoms with Crippen molar-refractivity contribution in [2.45, 2.75) is 39.0 Å². The Morgan fingerprint density at radius 2 is 1.83 bits per heavy atom. The fourth-order valence-corrected chi connectivity index (χ4v) is 2.79. The van der Waals surface area contributed by atoms with Crippen molar-refractivity contribution in [3.05, 3.63) is 30.3 Å². The number of hydrogen-bond acceptors (Lipinski definition) is 2. The van der Waals surface area contributed by atoms with E-state index in [-0.39, 0.29) is 17.9 Å². The number of likely N-dealkylation sites (tertiary alicyclic amines) is 1. The van der Waals surface area contributed by atoms with Crippen LogP contribution in [0.2, 0.25) is 0 Å². The van der Waals surface area contributed by atoms with E-state index in [1.807, 2.05) is 35.2 Å². The molecule has 5 heteroatoms. The van der Waals surface area contributed by atoms with Crippen LogP contribution in [0.3, 0.4) is 0 Å². The Labute approximate surface area is 138 Å². The lowest BCUT2D eigenvalue weighted by Crippen LogP contribution is -2.46. The normalized spacial score (nSPS) is 15.3. The summed E-state index contributed by atoms with van der Waals surface area (Å²) in [5.74, 6) is 0.0403. The number of nitrogens with zero attached hydrogens (tertiary/aromatic N) is 1. The molecule has 1 heterocycles. The third-order valence-corrected chi connectivity index (χ3v) is 4.25. The van der Waals surface area contributed by atoms with E-state index in [1.54, 1.807) is 0 Å². The Balaban J connectivity index is 1.70. The summed E-state index contributed by atoms with van der Waals surface area (Å²) in [7, 11) is 0. The average Bonchev–Trinajstić information content (AvgIpc) is 2.59. The molecule has 0 aromatic heterocycles. The van der Waals surface area contributed by atoms with Crippen molar-refractivity contribution in [3.63, 3.8) is 0 Å². The van der Waals surface area contributed by atoms with E-state index in [9.17, 15) is 9.59 Å². The Morgan fingerprint density at radius 1 is 1.13 bits per heavy atom. The molecule has 0 atom stereocenters. The van der Waals surface area contributed by atoms with E-state index in [1.165, 1.54) is 0 Å². The molecule has 23 heavy (non-hydrogen) atoms. The van der Waals surface area contributed by atoms with Crippen molar-refractivity contribution >= 4 is 17.6 Å². The number of carbonyl (C=O) groups is 2. The summed E-state index contributed by atoms with van der Waals surface area (Å²) in [4.78, 5) is 26.1. The number of rotatable bonds is 6. The molecule has 1 aliphatic heterocycles. The molecule has 0 unspecified atom stereocenters. The predicted molar refractivity (Wildman–Crippen MR) is 92.3 cm³/mol. The predicted octanol–water partition coefficient (Wildman–Crippen LogP) is 3.24. The maximum atomic E-state index is 12.3. The topological polar surface area (TPSA) is 61.4 Å². The van der Waals surface area contributed by atoms with E-state index >= 15 is 0 Å². The maximum absolute atomic E-state index is 12.3. The third kappa shape index (κ3) is 5.58. The highest BCUT2D eigenvalue weighted by Crippen LogP contribution is 2.19. The number of nitrogens with one attached hydrogen (secondary N) is 2. The second-order valence-electron chi connectivity index (χ2n) is 6.06. The largest absolute Gasteiger partial charge is 0.338 e. The minimum absolute atomic E-state index is 0.00280. The molecule has 0 saturated carbocycles. The first-order valence-electron chi connectivity index (χ1n) is 8.59. The van der Waals surface area contributed by atoms with Crippen molar-refractivity contribution in [2.24, 2.45) is 5.92 Å². The first-order valence-corrected chi connectivity index (χ1v) is 8.59. The fraction of sp³-hybridized carbons (Fsp3) is 0.556. The zero-order chi connectivity index (χ0) is 16.5. The summed E-state index contributed by atoms with van der Waals surface area (Å²) in [6.45, 7) is 4.17. The number of anilines is 1. The van der Waals surface area contributed by atoms with Crippen molar-refractivity contribution < 1.29 is 9.59 Å². The Hall–Kier alpha value is -2.04. The van der Waals surface area contributed by atoms with Crippen LogP contribution in [-0.4, -0.2) is 36.5 Å². The van der Waals surface area contributed by atoms with Crippen LogP contribution in [0.5, 0.6) is 0 Å². The zero-order valence-electron chi connectivity index (χ0n) is 13.9. The van der Waals surface area contributed by atoms with Gasteiger partial charge in [-0.2, -0.15) is 0 Å². The van der Waals surface area contributed by atoms with Crippen molar-refractivity contribution in [3.8, 4) is 0 Å². The number of urea groups is 1. The van der Waals surface area contributed by atoms with Gasteiger partial charge in [-0.15, -0.1) is 0 Å². The summed E-state index contributed by atoms with van der Waals surface area (Å²) in [5, 5.41) is 5.90. The molecule has 1 aliphatic rings. The number of piperidine rings is 1. The molecule has 126 valence electrons. The molecule has 1 aromatic rings. The van der Waals surface area contributed by atoms with E-state index in [0.29, 0.717) is 13.1 Å². The number of benzene rings is 1. The van der Waals surface area contributed by atoms with Crippen LogP contribution in [0.15, 0.2) is 30.3 Å². The lowest BCUT2D eigenvalue weighted by atomic mass is 9.96. The van der Waals surface area contributed by atoms with Crippen molar-refractivity contribution in [2.75, 3.05) is 25.0 Å². The molecule has 2 rings (SSSR count). The van der Waals surface area contributed by atoms with Gasteiger partial charge in [0.1, 0.15) is 0 Å².